The summed E-state index contributed by atoms with van der Waals surface area (Å²) >= 11 is 16.7. The van der Waals surface area contributed by atoms with Crippen molar-refractivity contribution in [1.82, 2.24) is 5.32 Å². The molecule has 2 rings (SSSR count). The summed E-state index contributed by atoms with van der Waals surface area (Å²) in [7, 11) is 0. The van der Waals surface area contributed by atoms with Gasteiger partial charge in [-0.15, -0.1) is 6.58 Å². The number of hydrogen-bond acceptors (Lipinski definition) is 7. The van der Waals surface area contributed by atoms with Crippen molar-refractivity contribution in [3.8, 4) is 0 Å². The first kappa shape index (κ1) is 22.0. The summed E-state index contributed by atoms with van der Waals surface area (Å²) in [6.45, 7) is 6.87. The van der Waals surface area contributed by atoms with Crippen molar-refractivity contribution < 1.29 is 33.6 Å². The molecule has 26 heavy (non-hydrogen) atoms. The molecule has 0 spiro atoms. The Hall–Kier alpha value is -0.320. The van der Waals surface area contributed by atoms with Gasteiger partial charge in [-0.2, -0.15) is 0 Å². The molecule has 2 N–H and O–H groups in total. The Balaban J connectivity index is 2.08. The maximum absolute atomic E-state index is 12.0. The van der Waals surface area contributed by atoms with Gasteiger partial charge in [0.2, 0.25) is 3.79 Å². The first-order valence-electron chi connectivity index (χ1n) is 7.90. The fraction of sp³-hybridized carbons (Fsp3) is 0.800. The van der Waals surface area contributed by atoms with Crippen molar-refractivity contribution in [2.75, 3.05) is 19.8 Å². The average molecular weight is 435 g/mol. The van der Waals surface area contributed by atoms with Gasteiger partial charge in [0.05, 0.1) is 13.2 Å². The summed E-state index contributed by atoms with van der Waals surface area (Å²) in [6, 6.07) is -0.979. The summed E-state index contributed by atoms with van der Waals surface area (Å²) in [5, 5.41) is 13.2. The Morgan fingerprint density at radius 2 is 2.15 bits per heavy atom. The SMILES string of the molecule is C=CCO[C@H]1O[C@@H]2COC(C)(C)O[C@H]2[C@H](O)[C@H]1NC(=O)OCC(Cl)(Cl)Cl. The van der Waals surface area contributed by atoms with Crippen LogP contribution in [-0.2, 0) is 23.7 Å². The minimum atomic E-state index is -1.75. The van der Waals surface area contributed by atoms with E-state index in [-0.39, 0.29) is 13.2 Å². The zero-order valence-corrected chi connectivity index (χ0v) is 16.6. The lowest BCUT2D eigenvalue weighted by molar-refractivity contribution is -0.368. The number of halogens is 3. The van der Waals surface area contributed by atoms with Crippen LogP contribution in [0.25, 0.3) is 0 Å². The molecule has 5 atom stereocenters. The third-order valence-corrected chi connectivity index (χ3v) is 4.05. The molecule has 1 amide bonds. The molecule has 0 aliphatic carbocycles. The van der Waals surface area contributed by atoms with Gasteiger partial charge >= 0.3 is 6.09 Å². The molecule has 0 aromatic rings. The maximum atomic E-state index is 12.0. The molecule has 0 aromatic carbocycles. The van der Waals surface area contributed by atoms with E-state index in [1.54, 1.807) is 13.8 Å². The highest BCUT2D eigenvalue weighted by molar-refractivity contribution is 6.67. The van der Waals surface area contributed by atoms with E-state index in [0.29, 0.717) is 0 Å². The minimum Gasteiger partial charge on any atom is -0.445 e. The number of ether oxygens (including phenoxy) is 5. The van der Waals surface area contributed by atoms with Crippen LogP contribution in [0.4, 0.5) is 4.79 Å². The van der Waals surface area contributed by atoms with Gasteiger partial charge in [0.15, 0.2) is 12.1 Å². The smallest absolute Gasteiger partial charge is 0.407 e. The Morgan fingerprint density at radius 3 is 2.77 bits per heavy atom. The molecule has 2 heterocycles. The number of alkyl halides is 3. The Labute approximate surface area is 166 Å². The van der Waals surface area contributed by atoms with Crippen molar-refractivity contribution in [2.24, 2.45) is 0 Å². The van der Waals surface area contributed by atoms with Gasteiger partial charge in [0.1, 0.15) is 31.0 Å². The molecule has 8 nitrogen and oxygen atoms in total. The predicted molar refractivity (Wildman–Crippen MR) is 94.3 cm³/mol. The van der Waals surface area contributed by atoms with Crippen LogP contribution in [0, 0.1) is 0 Å². The first-order chi connectivity index (χ1) is 12.0. The summed E-state index contributed by atoms with van der Waals surface area (Å²) in [5.74, 6) is -0.902. The number of nitrogens with one attached hydrogen (secondary N) is 1. The number of amides is 1. The summed E-state index contributed by atoms with van der Waals surface area (Å²) < 4.78 is 25.6. The van der Waals surface area contributed by atoms with E-state index in [1.165, 1.54) is 6.08 Å². The van der Waals surface area contributed by atoms with Crippen molar-refractivity contribution >= 4 is 40.9 Å². The van der Waals surface area contributed by atoms with E-state index < -0.39 is 52.9 Å². The summed E-state index contributed by atoms with van der Waals surface area (Å²) in [6.07, 6.45) is -2.81. The van der Waals surface area contributed by atoms with Crippen LogP contribution in [-0.4, -0.2) is 71.2 Å². The number of aliphatic hydroxyl groups excluding tert-OH is 1. The fourth-order valence-corrected chi connectivity index (χ4v) is 2.79. The van der Waals surface area contributed by atoms with Crippen LogP contribution in [0.15, 0.2) is 12.7 Å². The summed E-state index contributed by atoms with van der Waals surface area (Å²) in [4.78, 5) is 12.0. The second kappa shape index (κ2) is 8.79. The van der Waals surface area contributed by atoms with Crippen molar-refractivity contribution in [1.29, 1.82) is 0 Å². The third kappa shape index (κ3) is 6.10. The molecule has 0 aromatic heterocycles. The second-order valence-corrected chi connectivity index (χ2v) is 8.83. The fourth-order valence-electron chi connectivity index (χ4n) is 2.63. The highest BCUT2D eigenvalue weighted by atomic mass is 35.6. The molecular formula is C15H22Cl3NO7. The molecule has 0 saturated carbocycles. The van der Waals surface area contributed by atoms with Gasteiger partial charge in [0.25, 0.3) is 0 Å². The molecule has 150 valence electrons. The lowest BCUT2D eigenvalue weighted by atomic mass is 9.95. The normalized spacial score (nSPS) is 33.8. The zero-order valence-electron chi connectivity index (χ0n) is 14.3. The average Bonchev–Trinajstić information content (AvgIpc) is 2.53. The highest BCUT2D eigenvalue weighted by Crippen LogP contribution is 2.33. The summed E-state index contributed by atoms with van der Waals surface area (Å²) in [5.41, 5.74) is 0. The van der Waals surface area contributed by atoms with Crippen LogP contribution >= 0.6 is 34.8 Å². The quantitative estimate of drug-likeness (QED) is 0.504. The number of fused-ring (bicyclic) bond motifs is 1. The number of aliphatic hydroxyl groups is 1. The lowest BCUT2D eigenvalue weighted by Gasteiger charge is -2.49. The maximum Gasteiger partial charge on any atom is 0.407 e. The third-order valence-electron chi connectivity index (χ3n) is 3.72. The van der Waals surface area contributed by atoms with Crippen LogP contribution in [0.1, 0.15) is 13.8 Å². The number of carbonyl (C=O) groups is 1. The van der Waals surface area contributed by atoms with E-state index in [2.05, 4.69) is 11.9 Å². The van der Waals surface area contributed by atoms with E-state index in [1.807, 2.05) is 0 Å². The monoisotopic (exact) mass is 433 g/mol. The topological polar surface area (TPSA) is 95.5 Å². The first-order valence-corrected chi connectivity index (χ1v) is 9.03. The number of rotatable bonds is 5. The Kier molecular flexibility index (Phi) is 7.43. The van der Waals surface area contributed by atoms with Gasteiger partial charge in [0, 0.05) is 0 Å². The van der Waals surface area contributed by atoms with E-state index in [4.69, 9.17) is 58.5 Å². The number of hydrogen-bond donors (Lipinski definition) is 2. The number of carbonyl (C=O) groups excluding carboxylic acids is 1. The van der Waals surface area contributed by atoms with Crippen LogP contribution < -0.4 is 5.32 Å². The minimum absolute atomic E-state index is 0.142. The predicted octanol–water partition coefficient (Wildman–Crippen LogP) is 1.89. The van der Waals surface area contributed by atoms with Crippen LogP contribution in [0.3, 0.4) is 0 Å². The highest BCUT2D eigenvalue weighted by Gasteiger charge is 2.51. The molecule has 11 heteroatoms. The van der Waals surface area contributed by atoms with Gasteiger partial charge in [-0.3, -0.25) is 0 Å². The standard InChI is InChI=1S/C15H22Cl3NO7/c1-4-5-22-12-9(19-13(21)23-7-15(16,17)18)10(20)11-8(25-12)6-24-14(2,3)26-11/h4,8-12,20H,1,5-7H2,2-3H3,(H,19,21)/t8-,9-,10-,11-,12+/m1/s1. The molecule has 2 aliphatic heterocycles. The number of alkyl carbamates (subject to hydrolysis) is 1. The Bertz CT molecular complexity index is 514. The van der Waals surface area contributed by atoms with Gasteiger partial charge in [-0.25, -0.2) is 4.79 Å². The molecule has 2 fully saturated rings. The van der Waals surface area contributed by atoms with Gasteiger partial charge in [-0.1, -0.05) is 40.9 Å². The van der Waals surface area contributed by atoms with Crippen molar-refractivity contribution in [3.05, 3.63) is 12.7 Å². The molecule has 0 bridgehead atoms. The second-order valence-electron chi connectivity index (χ2n) is 6.31. The molecule has 2 aliphatic rings. The van der Waals surface area contributed by atoms with Crippen LogP contribution in [0.2, 0.25) is 0 Å². The van der Waals surface area contributed by atoms with Gasteiger partial charge in [-0.05, 0) is 13.8 Å². The van der Waals surface area contributed by atoms with Crippen LogP contribution in [0.5, 0.6) is 0 Å². The van der Waals surface area contributed by atoms with Crippen molar-refractivity contribution in [2.45, 2.75) is 54.1 Å². The lowest BCUT2D eigenvalue weighted by Crippen LogP contribution is -2.68. The van der Waals surface area contributed by atoms with E-state index in [0.717, 1.165) is 0 Å². The van der Waals surface area contributed by atoms with Crippen molar-refractivity contribution in [3.63, 3.8) is 0 Å². The zero-order chi connectivity index (χ0) is 19.5. The largest absolute Gasteiger partial charge is 0.445 e. The van der Waals surface area contributed by atoms with Gasteiger partial charge < -0.3 is 34.1 Å². The Morgan fingerprint density at radius 1 is 1.46 bits per heavy atom. The molecule has 2 saturated heterocycles. The van der Waals surface area contributed by atoms with E-state index >= 15 is 0 Å². The van der Waals surface area contributed by atoms with E-state index in [9.17, 15) is 9.90 Å². The molecular weight excluding hydrogens is 413 g/mol. The molecule has 0 unspecified atom stereocenters. The molecule has 0 radical (unpaired) electrons.